The molecule has 0 saturated carbocycles. The molecule has 0 aliphatic carbocycles. The van der Waals surface area contributed by atoms with Crippen LogP contribution < -0.4 is 27.9 Å². The maximum atomic E-state index is 15.0. The van der Waals surface area contributed by atoms with Crippen LogP contribution in [0.15, 0.2) is 190 Å². The topological polar surface area (TPSA) is 322 Å². The van der Waals surface area contributed by atoms with E-state index in [0.29, 0.717) is 124 Å². The number of thioether (sulfide) groups is 1. The van der Waals surface area contributed by atoms with Crippen LogP contribution in [0.25, 0.3) is 88.3 Å². The number of hydrogen-bond donors (Lipinski definition) is 2. The summed E-state index contributed by atoms with van der Waals surface area (Å²) in [6.07, 6.45) is 6.09. The minimum absolute atomic E-state index is 0.154. The van der Waals surface area contributed by atoms with E-state index >= 15 is 8.78 Å². The predicted octanol–water partition coefficient (Wildman–Crippen LogP) is 15.5. The number of amides is 3. The van der Waals surface area contributed by atoms with Gasteiger partial charge in [-0.3, -0.25) is 36.8 Å². The highest BCUT2D eigenvalue weighted by molar-refractivity contribution is 9.10. The van der Waals surface area contributed by atoms with Crippen LogP contribution >= 0.6 is 67.2 Å². The summed E-state index contributed by atoms with van der Waals surface area (Å²) >= 11 is 18.3. The number of imide groups is 1. The molecule has 3 N–H and O–H groups in total. The van der Waals surface area contributed by atoms with Gasteiger partial charge in [-0.15, -0.1) is 11.8 Å². The smallest absolute Gasteiger partial charge is 0.304 e. The lowest BCUT2D eigenvalue weighted by Crippen LogP contribution is -2.38. The Kier molecular flexibility index (Phi) is 24.6. The van der Waals surface area contributed by atoms with Gasteiger partial charge in [0, 0.05) is 131 Å². The zero-order valence-electron chi connectivity index (χ0n) is 66.3. The number of carbonyl (C=O) groups excluding carboxylic acids is 2. The summed E-state index contributed by atoms with van der Waals surface area (Å²) in [5, 5.41) is 7.44. The van der Waals surface area contributed by atoms with Crippen molar-refractivity contribution in [2.24, 2.45) is 26.3 Å². The standard InChI is InChI=1S/C25H20F2N4OS.C18H13BrF2N4O.C18H15F2N5O3S.C17H11BrF2N4O.C5H6Cl2N2O2/c1-15-8-9-18-23-22(12-28-24(18)29-15)30(2)25(32)31(23)13-19-20(26)10-17(11-21(19)27)33-14-16-6-4-3-5-7-16;1-9-3-4-11-16-15(7-22-17(11)23-9)24(2)18(26)25(16)8-12-13(20)5-10(19)6-14(12)21;1-9-3-4-11-16-15(7-22-17(11)23-9)24(2)18(26)25(16)8-12-13(19)5-10(6-14(12)20)29(21,27)28;1-8-2-3-10-15-14(6-21-16(10)22-8)23-17(25)24(15)7-11-12(19)4-9(18)5-13(11)20;1-5(2)3(10)8(6)4(11)9(5)7/h3-12H,13-14H2,1-2H3;3-7H,8H2,1-2H3;3-7H,8H2,1-2H3,(H2,21,27,28);2-6H,7H2,1H3,(H,23,25);1-2H3. The maximum Gasteiger partial charge on any atom is 0.357 e. The SMILES string of the molecule is CC1(C)C(=O)N(Cl)C(=O)N1Cl.Cc1ccc2c(ncc3[nH]c(=O)n(Cc4c(F)cc(Br)cc4F)c32)n1.Cc1ccc2c(ncc3c2n(Cc2c(F)cc(Br)cc2F)c(=O)n3C)n1.Cc1ccc2c(ncc3c2n(Cc2c(F)cc(S(N)(=O)=O)cc2F)c(=O)n3C)n1.Cc1ccc2c(ncc3c2n(Cc2c(F)cc(SCc4ccccc4)cc2F)c(=O)n3C)n1. The summed E-state index contributed by atoms with van der Waals surface area (Å²) in [6, 6.07) is 32.0. The Labute approximate surface area is 726 Å². The molecule has 13 heterocycles. The molecule has 1 aliphatic heterocycles. The molecule has 0 bridgehead atoms. The maximum absolute atomic E-state index is 15.0. The van der Waals surface area contributed by atoms with E-state index in [9.17, 15) is 63.5 Å². The third-order valence-electron chi connectivity index (χ3n) is 20.3. The summed E-state index contributed by atoms with van der Waals surface area (Å²) in [7, 11) is 0.462. The summed E-state index contributed by atoms with van der Waals surface area (Å²) in [5.41, 5.74) is 6.40. The van der Waals surface area contributed by atoms with Gasteiger partial charge in [-0.1, -0.05) is 62.2 Å². The van der Waals surface area contributed by atoms with Gasteiger partial charge in [-0.25, -0.2) is 117 Å². The second kappa shape index (κ2) is 34.7. The number of pyridine rings is 8. The summed E-state index contributed by atoms with van der Waals surface area (Å²) < 4.78 is 150. The molecule has 1 fully saturated rings. The van der Waals surface area contributed by atoms with E-state index in [1.807, 2.05) is 75.4 Å². The van der Waals surface area contributed by atoms with Crippen LogP contribution in [0.4, 0.5) is 39.9 Å². The minimum atomic E-state index is -4.28. The molecule has 124 heavy (non-hydrogen) atoms. The van der Waals surface area contributed by atoms with Crippen molar-refractivity contribution in [2.75, 3.05) is 0 Å². The number of hydrogen-bond acceptors (Lipinski definition) is 17. The molecule has 18 rings (SSSR count). The highest BCUT2D eigenvalue weighted by Gasteiger charge is 2.51. The molecule has 27 nitrogen and oxygen atoms in total. The fourth-order valence-electron chi connectivity index (χ4n) is 13.8. The van der Waals surface area contributed by atoms with Gasteiger partial charge >= 0.3 is 28.8 Å². The molecule has 12 aromatic heterocycles. The normalized spacial score (nSPS) is 12.7. The number of aromatic amines is 1. The van der Waals surface area contributed by atoms with Gasteiger partial charge in [0.05, 0.1) is 100.0 Å². The predicted molar refractivity (Wildman–Crippen MR) is 460 cm³/mol. The number of primary sulfonamides is 1. The molecule has 41 heteroatoms. The van der Waals surface area contributed by atoms with Gasteiger partial charge < -0.3 is 4.98 Å². The van der Waals surface area contributed by atoms with Crippen molar-refractivity contribution in [3.8, 4) is 0 Å². The number of nitrogens with zero attached hydrogens (tertiary/aromatic N) is 17. The van der Waals surface area contributed by atoms with Crippen LogP contribution in [0, 0.1) is 74.2 Å². The van der Waals surface area contributed by atoms with Crippen molar-refractivity contribution in [3.05, 3.63) is 300 Å². The van der Waals surface area contributed by atoms with Crippen molar-refractivity contribution in [1.82, 2.24) is 85.7 Å². The number of H-pyrrole nitrogens is 1. The molecule has 1 saturated heterocycles. The third-order valence-corrected chi connectivity index (χ3v) is 24.0. The summed E-state index contributed by atoms with van der Waals surface area (Å²) in [4.78, 5) is 110. The number of imidazole rings is 4. The first kappa shape index (κ1) is 87.9. The second-order valence-electron chi connectivity index (χ2n) is 29.0. The van der Waals surface area contributed by atoms with E-state index in [-0.39, 0.29) is 47.7 Å². The lowest BCUT2D eigenvalue weighted by atomic mass is 10.1. The number of halogens is 12. The number of sulfonamides is 1. The molecular formula is C83H65Br2Cl2F8N19O8S2. The Hall–Kier alpha value is -12.4. The van der Waals surface area contributed by atoms with E-state index < -0.39 is 102 Å². The van der Waals surface area contributed by atoms with Gasteiger partial charge in [-0.05, 0) is 144 Å². The van der Waals surface area contributed by atoms with Crippen LogP contribution in [-0.2, 0) is 67.9 Å². The van der Waals surface area contributed by atoms with Crippen LogP contribution in [0.1, 0.15) is 64.4 Å². The minimum Gasteiger partial charge on any atom is -0.304 e. The zero-order valence-corrected chi connectivity index (χ0v) is 72.6. The molecule has 0 unspecified atom stereocenters. The number of benzene rings is 5. The van der Waals surface area contributed by atoms with Gasteiger partial charge in [0.25, 0.3) is 5.91 Å². The van der Waals surface area contributed by atoms with Gasteiger partial charge in [-0.2, -0.15) is 4.42 Å². The van der Waals surface area contributed by atoms with E-state index in [1.54, 1.807) is 57.7 Å². The van der Waals surface area contributed by atoms with E-state index in [0.717, 1.165) is 32.8 Å². The monoisotopic (exact) mass is 1900 g/mol. The Balaban J connectivity index is 0.000000130. The number of rotatable bonds is 12. The number of carbonyl (C=O) groups is 2. The molecule has 0 atom stereocenters. The van der Waals surface area contributed by atoms with Crippen LogP contribution in [0.2, 0.25) is 0 Å². The van der Waals surface area contributed by atoms with E-state index in [2.05, 4.69) is 76.7 Å². The Morgan fingerprint density at radius 1 is 0.452 bits per heavy atom. The average Bonchev–Trinajstić information content (AvgIpc) is 1.60. The highest BCUT2D eigenvalue weighted by Crippen LogP contribution is 2.34. The molecule has 0 spiro atoms. The summed E-state index contributed by atoms with van der Waals surface area (Å²) in [6.45, 7) is 9.21. The van der Waals surface area contributed by atoms with Gasteiger partial charge in [0.15, 0.2) is 22.6 Å². The first-order valence-corrected chi connectivity index (χ1v) is 41.7. The Bertz CT molecular complexity index is 7590. The zero-order chi connectivity index (χ0) is 89.3. The van der Waals surface area contributed by atoms with Crippen molar-refractivity contribution in [1.29, 1.82) is 0 Å². The Morgan fingerprint density at radius 2 is 0.774 bits per heavy atom. The number of aryl methyl sites for hydroxylation is 7. The first-order valence-electron chi connectivity index (χ1n) is 36.9. The van der Waals surface area contributed by atoms with Crippen molar-refractivity contribution in [3.63, 3.8) is 0 Å². The fraction of sp³-hybridized carbons (Fsp3) is 0.181. The third kappa shape index (κ3) is 17.1. The largest absolute Gasteiger partial charge is 0.357 e. The molecule has 3 amide bonds. The number of aromatic nitrogens is 16. The van der Waals surface area contributed by atoms with Crippen LogP contribution in [0.5, 0.6) is 0 Å². The van der Waals surface area contributed by atoms with E-state index in [1.165, 1.54) is 113 Å². The van der Waals surface area contributed by atoms with Crippen molar-refractivity contribution < 1.29 is 53.1 Å². The van der Waals surface area contributed by atoms with Crippen LogP contribution in [-0.4, -0.2) is 112 Å². The lowest BCUT2D eigenvalue weighted by molar-refractivity contribution is -0.127. The van der Waals surface area contributed by atoms with Crippen molar-refractivity contribution >= 4 is 177 Å². The number of fused-ring (bicyclic) bond motifs is 12. The fourth-order valence-corrected chi connectivity index (χ4v) is 16.5. The van der Waals surface area contributed by atoms with Gasteiger partial charge in [0.1, 0.15) is 52.1 Å². The highest BCUT2D eigenvalue weighted by atomic mass is 79.9. The summed E-state index contributed by atoms with van der Waals surface area (Å²) in [5.74, 6) is -6.38. The molecule has 0 radical (unpaired) electrons. The van der Waals surface area contributed by atoms with Gasteiger partial charge in [0.2, 0.25) is 10.0 Å². The second-order valence-corrected chi connectivity index (χ2v) is 34.2. The Morgan fingerprint density at radius 3 is 1.10 bits per heavy atom. The lowest BCUT2D eigenvalue weighted by Gasteiger charge is -2.18. The first-order chi connectivity index (χ1) is 58.7. The molecule has 17 aromatic rings. The number of nitrogens with one attached hydrogen (secondary N) is 1. The van der Waals surface area contributed by atoms with E-state index in [4.69, 9.17) is 28.7 Å². The molecule has 5 aromatic carbocycles. The molecule has 1 aliphatic rings. The average molecular weight is 1900 g/mol. The van der Waals surface area contributed by atoms with Crippen molar-refractivity contribution in [2.45, 2.75) is 88.8 Å². The number of nitrogens with two attached hydrogens (primary N) is 1. The number of urea groups is 1. The molecular weight excluding hydrogens is 1840 g/mol. The quantitative estimate of drug-likeness (QED) is 0.0497. The molecule has 636 valence electrons. The van der Waals surface area contributed by atoms with Crippen LogP contribution in [0.3, 0.4) is 0 Å².